The Morgan fingerprint density at radius 3 is 1.28 bits per heavy atom. The fraction of sp³-hybridized carbons (Fsp3) is 0.746. The van der Waals surface area contributed by atoms with Crippen LogP contribution in [0.15, 0.2) is 97.2 Å². The van der Waals surface area contributed by atoms with E-state index in [0.717, 1.165) is 116 Å². The molecule has 11 nitrogen and oxygen atoms in total. The van der Waals surface area contributed by atoms with Crippen LogP contribution in [-0.4, -0.2) is 99.6 Å². The number of amides is 1. The molecule has 0 spiro atoms. The molecule has 8 unspecified atom stereocenters. The minimum atomic E-state index is -1.63. The highest BCUT2D eigenvalue weighted by atomic mass is 16.7. The lowest BCUT2D eigenvalue weighted by Crippen LogP contribution is -2.61. The molecule has 0 aliphatic carbocycles. The standard InChI is InChI=1S/C71H123NO10/c1-4-7-10-13-16-19-22-25-27-29-30-31-32-33-34-35-36-37-39-41-44-47-50-53-56-59-66(76)82-69-68(78)67(77)65(60-73)81-71(69)80-61-62(63(74)57-54-51-48-45-42-24-21-18-15-12-9-6-3)72-70(79)64(75)58-55-52-49-46-43-40-38-28-26-23-20-17-14-11-8-5-2/h16-17,19-20,25-28,30-31,33-34,40,43,54,57,62-65,67-69,71,73-75,77-78H,4-15,18,21-24,29,32,35-39,41-42,44-53,55-56,58-61H2,1-3H3,(H,72,79)/b19-16-,20-17-,27-25-,28-26-,31-30-,34-33-,43-40-,57-54+. The van der Waals surface area contributed by atoms with Crippen molar-refractivity contribution >= 4 is 11.9 Å². The Morgan fingerprint density at radius 1 is 0.476 bits per heavy atom. The van der Waals surface area contributed by atoms with Gasteiger partial charge >= 0.3 is 5.97 Å². The second-order valence-electron chi connectivity index (χ2n) is 22.8. The maximum Gasteiger partial charge on any atom is 0.306 e. The average molecular weight is 1150 g/mol. The largest absolute Gasteiger partial charge is 0.454 e. The lowest BCUT2D eigenvalue weighted by Gasteiger charge is -2.41. The Balaban J connectivity index is 2.62. The highest BCUT2D eigenvalue weighted by molar-refractivity contribution is 5.80. The molecule has 472 valence electrons. The molecule has 0 aromatic heterocycles. The Morgan fingerprint density at radius 2 is 0.841 bits per heavy atom. The first kappa shape index (κ1) is 76.6. The number of nitrogens with one attached hydrogen (secondary N) is 1. The number of rotatable bonds is 56. The smallest absolute Gasteiger partial charge is 0.306 e. The van der Waals surface area contributed by atoms with Gasteiger partial charge in [0, 0.05) is 6.42 Å². The van der Waals surface area contributed by atoms with Gasteiger partial charge in [0.1, 0.15) is 24.4 Å². The summed E-state index contributed by atoms with van der Waals surface area (Å²) < 4.78 is 17.6. The van der Waals surface area contributed by atoms with Gasteiger partial charge in [-0.05, 0) is 109 Å². The fourth-order valence-corrected chi connectivity index (χ4v) is 9.88. The highest BCUT2D eigenvalue weighted by Crippen LogP contribution is 2.26. The van der Waals surface area contributed by atoms with Crippen LogP contribution in [0.3, 0.4) is 0 Å². The van der Waals surface area contributed by atoms with E-state index in [9.17, 15) is 35.1 Å². The van der Waals surface area contributed by atoms with Gasteiger partial charge in [0.2, 0.25) is 5.91 Å². The number of aliphatic hydroxyl groups excluding tert-OH is 5. The van der Waals surface area contributed by atoms with E-state index < -0.39 is 67.4 Å². The molecule has 0 bridgehead atoms. The van der Waals surface area contributed by atoms with Crippen molar-refractivity contribution in [3.8, 4) is 0 Å². The molecular weight excluding hydrogens is 1030 g/mol. The SMILES string of the molecule is CCCCC/C=C\C/C=C\C/C=C\C/C=C\CCCCCCCCCCCC(=O)OC1C(OCC(NC(=O)C(O)CCCCC/C=C\C/C=C\C/C=C\CCCCC)C(O)/C=C/CCCCCCCCCCCC)OC(CO)C(O)C1O. The summed E-state index contributed by atoms with van der Waals surface area (Å²) in [6.45, 7) is 5.72. The predicted octanol–water partition coefficient (Wildman–Crippen LogP) is 16.7. The van der Waals surface area contributed by atoms with Crippen molar-refractivity contribution in [2.24, 2.45) is 0 Å². The number of aliphatic hydroxyl groups is 5. The predicted molar refractivity (Wildman–Crippen MR) is 342 cm³/mol. The van der Waals surface area contributed by atoms with Gasteiger partial charge in [-0.2, -0.15) is 0 Å². The Kier molecular flexibility index (Phi) is 54.2. The van der Waals surface area contributed by atoms with Crippen LogP contribution in [0, 0.1) is 0 Å². The molecule has 1 saturated heterocycles. The summed E-state index contributed by atoms with van der Waals surface area (Å²) in [6, 6.07) is -1.04. The quantitative estimate of drug-likeness (QED) is 0.0195. The van der Waals surface area contributed by atoms with Crippen LogP contribution in [0.25, 0.3) is 0 Å². The van der Waals surface area contributed by atoms with E-state index in [1.807, 2.05) is 6.08 Å². The second-order valence-corrected chi connectivity index (χ2v) is 22.8. The molecule has 1 rings (SSSR count). The van der Waals surface area contributed by atoms with Gasteiger partial charge in [-0.15, -0.1) is 0 Å². The third-order valence-electron chi connectivity index (χ3n) is 15.2. The van der Waals surface area contributed by atoms with Gasteiger partial charge in [-0.25, -0.2) is 0 Å². The topological polar surface area (TPSA) is 175 Å². The summed E-state index contributed by atoms with van der Waals surface area (Å²) in [7, 11) is 0. The lowest BCUT2D eigenvalue weighted by molar-refractivity contribution is -0.305. The molecular formula is C71H123NO10. The van der Waals surface area contributed by atoms with Crippen LogP contribution in [0.4, 0.5) is 0 Å². The third kappa shape index (κ3) is 45.0. The van der Waals surface area contributed by atoms with Crippen LogP contribution >= 0.6 is 0 Å². The number of ether oxygens (including phenoxy) is 3. The molecule has 0 saturated carbocycles. The monoisotopic (exact) mass is 1150 g/mol. The van der Waals surface area contributed by atoms with Crippen molar-refractivity contribution in [2.75, 3.05) is 13.2 Å². The van der Waals surface area contributed by atoms with Crippen LogP contribution in [-0.2, 0) is 23.8 Å². The van der Waals surface area contributed by atoms with E-state index in [0.29, 0.717) is 12.8 Å². The van der Waals surface area contributed by atoms with Crippen molar-refractivity contribution in [1.82, 2.24) is 5.32 Å². The van der Waals surface area contributed by atoms with E-state index in [-0.39, 0.29) is 19.4 Å². The summed E-state index contributed by atoms with van der Waals surface area (Å²) in [5.41, 5.74) is 0. The Labute approximate surface area is 501 Å². The zero-order chi connectivity index (χ0) is 59.6. The van der Waals surface area contributed by atoms with E-state index in [1.54, 1.807) is 6.08 Å². The Hall–Kier alpha value is -3.42. The number of hydrogen-bond donors (Lipinski definition) is 6. The molecule has 1 heterocycles. The first-order valence-electron chi connectivity index (χ1n) is 33.5. The minimum Gasteiger partial charge on any atom is -0.454 e. The Bertz CT molecular complexity index is 1700. The van der Waals surface area contributed by atoms with Gasteiger partial charge in [0.15, 0.2) is 12.4 Å². The zero-order valence-electron chi connectivity index (χ0n) is 52.3. The number of esters is 1. The molecule has 6 N–H and O–H groups in total. The summed E-state index contributed by atoms with van der Waals surface area (Å²) in [5.74, 6) is -1.23. The normalized spacial score (nSPS) is 19.2. The molecule has 0 aromatic rings. The molecule has 0 aromatic carbocycles. The van der Waals surface area contributed by atoms with Gasteiger partial charge < -0.3 is 45.1 Å². The van der Waals surface area contributed by atoms with Crippen LogP contribution in [0.1, 0.15) is 278 Å². The van der Waals surface area contributed by atoms with E-state index in [4.69, 9.17) is 14.2 Å². The van der Waals surface area contributed by atoms with Crippen molar-refractivity contribution in [2.45, 2.75) is 327 Å². The zero-order valence-corrected chi connectivity index (χ0v) is 52.3. The van der Waals surface area contributed by atoms with Crippen molar-refractivity contribution < 1.29 is 49.3 Å². The molecule has 1 aliphatic rings. The first-order valence-corrected chi connectivity index (χ1v) is 33.5. The number of carbonyl (C=O) groups excluding carboxylic acids is 2. The molecule has 8 atom stereocenters. The van der Waals surface area contributed by atoms with Crippen molar-refractivity contribution in [3.63, 3.8) is 0 Å². The third-order valence-corrected chi connectivity index (χ3v) is 15.2. The second kappa shape index (κ2) is 58.0. The average Bonchev–Trinajstić information content (AvgIpc) is 3.56. The van der Waals surface area contributed by atoms with Gasteiger partial charge in [0.25, 0.3) is 0 Å². The maximum absolute atomic E-state index is 13.4. The molecule has 11 heteroatoms. The van der Waals surface area contributed by atoms with Gasteiger partial charge in [-0.1, -0.05) is 259 Å². The number of unbranched alkanes of at least 4 members (excludes halogenated alkanes) is 28. The molecule has 0 radical (unpaired) electrons. The highest BCUT2D eigenvalue weighted by Gasteiger charge is 2.47. The summed E-state index contributed by atoms with van der Waals surface area (Å²) in [6.07, 6.45) is 67.2. The summed E-state index contributed by atoms with van der Waals surface area (Å²) in [5, 5.41) is 57.1. The van der Waals surface area contributed by atoms with Crippen LogP contribution in [0.5, 0.6) is 0 Å². The summed E-state index contributed by atoms with van der Waals surface area (Å²) in [4.78, 5) is 26.6. The van der Waals surface area contributed by atoms with Gasteiger partial charge in [0.05, 0.1) is 25.4 Å². The molecule has 1 amide bonds. The molecule has 1 aliphatic heterocycles. The van der Waals surface area contributed by atoms with Gasteiger partial charge in [-0.3, -0.25) is 9.59 Å². The van der Waals surface area contributed by atoms with Crippen LogP contribution in [0.2, 0.25) is 0 Å². The minimum absolute atomic E-state index is 0.109. The van der Waals surface area contributed by atoms with E-state index in [2.05, 4.69) is 111 Å². The molecule has 1 fully saturated rings. The number of allylic oxidation sites excluding steroid dienone is 15. The van der Waals surface area contributed by atoms with Crippen molar-refractivity contribution in [1.29, 1.82) is 0 Å². The van der Waals surface area contributed by atoms with E-state index >= 15 is 0 Å². The van der Waals surface area contributed by atoms with Crippen LogP contribution < -0.4 is 5.32 Å². The maximum atomic E-state index is 13.4. The number of hydrogen-bond acceptors (Lipinski definition) is 10. The summed E-state index contributed by atoms with van der Waals surface area (Å²) >= 11 is 0. The fourth-order valence-electron chi connectivity index (χ4n) is 9.88. The van der Waals surface area contributed by atoms with E-state index in [1.165, 1.54) is 116 Å². The van der Waals surface area contributed by atoms with Crippen molar-refractivity contribution in [3.05, 3.63) is 97.2 Å². The lowest BCUT2D eigenvalue weighted by atomic mass is 9.99. The molecule has 82 heavy (non-hydrogen) atoms. The number of carbonyl (C=O) groups is 2. The first-order chi connectivity index (χ1) is 40.2.